The molecule has 1 aromatic carbocycles. The molecule has 0 saturated carbocycles. The standard InChI is InChI=1S/C21H29BrN2O3S/c1-21(2,3)28(25)24-16(9-6-15-7-10-17(26-4)11-8-15)14-19-18(22)12-13-20(23-19)27-5/h7-8,10-13,16,24H,6,9,14H2,1-5H3. The molecule has 1 aromatic heterocycles. The molecule has 0 fully saturated rings. The van der Waals surface area contributed by atoms with Crippen LogP contribution < -0.4 is 14.2 Å². The number of ether oxygens (including phenoxy) is 2. The van der Waals surface area contributed by atoms with Crippen LogP contribution in [0.1, 0.15) is 38.4 Å². The number of hydrogen-bond acceptors (Lipinski definition) is 5. The summed E-state index contributed by atoms with van der Waals surface area (Å²) < 4.78 is 27.1. The van der Waals surface area contributed by atoms with Crippen molar-refractivity contribution in [3.05, 3.63) is 52.1 Å². The van der Waals surface area contributed by atoms with E-state index in [4.69, 9.17) is 9.47 Å². The first-order valence-electron chi connectivity index (χ1n) is 9.23. The molecule has 7 heteroatoms. The third kappa shape index (κ3) is 6.95. The van der Waals surface area contributed by atoms with Crippen LogP contribution in [0, 0.1) is 0 Å². The number of pyridine rings is 1. The third-order valence-corrected chi connectivity index (χ3v) is 6.69. The Kier molecular flexibility index (Phi) is 8.61. The fourth-order valence-electron chi connectivity index (χ4n) is 2.62. The van der Waals surface area contributed by atoms with E-state index in [-0.39, 0.29) is 10.8 Å². The molecule has 2 unspecified atom stereocenters. The summed E-state index contributed by atoms with van der Waals surface area (Å²) in [5.74, 6) is 1.42. The molecule has 2 aromatic rings. The molecule has 5 nitrogen and oxygen atoms in total. The molecule has 0 aliphatic carbocycles. The molecule has 2 rings (SSSR count). The highest BCUT2D eigenvalue weighted by Crippen LogP contribution is 2.23. The first kappa shape index (κ1) is 23.0. The van der Waals surface area contributed by atoms with Gasteiger partial charge in [-0.05, 0) is 73.3 Å². The lowest BCUT2D eigenvalue weighted by atomic mass is 10.0. The molecule has 0 aliphatic rings. The van der Waals surface area contributed by atoms with E-state index >= 15 is 0 Å². The summed E-state index contributed by atoms with van der Waals surface area (Å²) in [6.07, 6.45) is 2.35. The molecule has 0 radical (unpaired) electrons. The second kappa shape index (κ2) is 10.5. The highest BCUT2D eigenvalue weighted by Gasteiger charge is 2.29. The maximum atomic E-state index is 12.7. The lowest BCUT2D eigenvalue weighted by Gasteiger charge is -2.28. The smallest absolute Gasteiger partial charge is 0.213 e. The van der Waals surface area contributed by atoms with Gasteiger partial charge in [0.05, 0.1) is 26.0 Å². The van der Waals surface area contributed by atoms with E-state index in [1.165, 1.54) is 5.56 Å². The number of hydrogen-bond donors (Lipinski definition) is 1. The highest BCUT2D eigenvalue weighted by atomic mass is 79.9. The maximum Gasteiger partial charge on any atom is 0.213 e. The van der Waals surface area contributed by atoms with Gasteiger partial charge in [-0.15, -0.1) is 4.72 Å². The van der Waals surface area contributed by atoms with Crippen LogP contribution in [0.25, 0.3) is 0 Å². The van der Waals surface area contributed by atoms with Crippen molar-refractivity contribution in [2.75, 3.05) is 14.2 Å². The van der Waals surface area contributed by atoms with Crippen molar-refractivity contribution in [2.45, 2.75) is 50.8 Å². The Hall–Kier alpha value is -1.28. The quantitative estimate of drug-likeness (QED) is 0.550. The Bertz CT molecular complexity index is 750. The average Bonchev–Trinajstić information content (AvgIpc) is 2.67. The first-order valence-corrected chi connectivity index (χ1v) is 11.2. The van der Waals surface area contributed by atoms with Crippen LogP contribution in [0.2, 0.25) is 0 Å². The maximum absolute atomic E-state index is 12.7. The molecule has 28 heavy (non-hydrogen) atoms. The summed E-state index contributed by atoms with van der Waals surface area (Å²) in [6.45, 7) is 5.91. The van der Waals surface area contributed by atoms with Gasteiger partial charge in [-0.1, -0.05) is 12.1 Å². The van der Waals surface area contributed by atoms with E-state index in [9.17, 15) is 4.55 Å². The minimum Gasteiger partial charge on any atom is -0.598 e. The zero-order valence-electron chi connectivity index (χ0n) is 17.1. The van der Waals surface area contributed by atoms with Crippen molar-refractivity contribution in [3.8, 4) is 11.6 Å². The predicted molar refractivity (Wildman–Crippen MR) is 118 cm³/mol. The molecule has 0 spiro atoms. The van der Waals surface area contributed by atoms with E-state index in [1.54, 1.807) is 14.2 Å². The van der Waals surface area contributed by atoms with Gasteiger partial charge in [-0.3, -0.25) is 0 Å². The summed E-state index contributed by atoms with van der Waals surface area (Å²) in [5.41, 5.74) is 2.10. The Balaban J connectivity index is 2.13. The average molecular weight is 469 g/mol. The summed E-state index contributed by atoms with van der Waals surface area (Å²) in [6, 6.07) is 11.8. The Labute approximate surface area is 179 Å². The largest absolute Gasteiger partial charge is 0.598 e. The Morgan fingerprint density at radius 1 is 1.11 bits per heavy atom. The lowest BCUT2D eigenvalue weighted by molar-refractivity contribution is 0.395. The van der Waals surface area contributed by atoms with Crippen molar-refractivity contribution in [3.63, 3.8) is 0 Å². The molecule has 1 heterocycles. The van der Waals surface area contributed by atoms with Crippen LogP contribution in [0.3, 0.4) is 0 Å². The van der Waals surface area contributed by atoms with Gasteiger partial charge >= 0.3 is 0 Å². The topological polar surface area (TPSA) is 66.4 Å². The Morgan fingerprint density at radius 3 is 2.36 bits per heavy atom. The monoisotopic (exact) mass is 468 g/mol. The molecule has 0 bridgehead atoms. The summed E-state index contributed by atoms with van der Waals surface area (Å²) in [7, 11) is 3.27. The molecule has 2 atom stereocenters. The van der Waals surface area contributed by atoms with Crippen LogP contribution in [0.15, 0.2) is 40.9 Å². The number of benzene rings is 1. The first-order chi connectivity index (χ1) is 13.2. The van der Waals surface area contributed by atoms with Crippen LogP contribution >= 0.6 is 15.9 Å². The zero-order valence-corrected chi connectivity index (χ0v) is 19.5. The molecule has 0 saturated heterocycles. The van der Waals surface area contributed by atoms with Gasteiger partial charge in [0.25, 0.3) is 0 Å². The number of aromatic nitrogens is 1. The fraction of sp³-hybridized carbons (Fsp3) is 0.476. The predicted octanol–water partition coefficient (Wildman–Crippen LogP) is 4.46. The Morgan fingerprint density at radius 2 is 1.79 bits per heavy atom. The van der Waals surface area contributed by atoms with Crippen LogP contribution in [0.4, 0.5) is 0 Å². The van der Waals surface area contributed by atoms with E-state index in [0.717, 1.165) is 28.8 Å². The van der Waals surface area contributed by atoms with E-state index in [2.05, 4.69) is 37.8 Å². The van der Waals surface area contributed by atoms with E-state index in [1.807, 2.05) is 45.0 Å². The van der Waals surface area contributed by atoms with E-state index < -0.39 is 11.4 Å². The number of halogens is 1. The zero-order chi connectivity index (χ0) is 20.7. The minimum absolute atomic E-state index is 0.0121. The number of nitrogens with one attached hydrogen (secondary N) is 1. The fourth-order valence-corrected chi connectivity index (χ4v) is 3.86. The van der Waals surface area contributed by atoms with Gasteiger partial charge in [0.2, 0.25) is 5.88 Å². The van der Waals surface area contributed by atoms with Crippen LogP contribution in [0.5, 0.6) is 11.6 Å². The van der Waals surface area contributed by atoms with Gasteiger partial charge in [-0.25, -0.2) is 4.98 Å². The second-order valence-electron chi connectivity index (χ2n) is 7.57. The number of rotatable bonds is 9. The summed E-state index contributed by atoms with van der Waals surface area (Å²) in [5, 5.41) is 0. The van der Waals surface area contributed by atoms with Crippen molar-refractivity contribution in [1.82, 2.24) is 9.71 Å². The van der Waals surface area contributed by atoms with Crippen molar-refractivity contribution in [2.24, 2.45) is 0 Å². The van der Waals surface area contributed by atoms with Gasteiger partial charge in [-0.2, -0.15) is 0 Å². The third-order valence-electron chi connectivity index (χ3n) is 4.31. The summed E-state index contributed by atoms with van der Waals surface area (Å²) >= 11 is 2.41. The lowest BCUT2D eigenvalue weighted by Crippen LogP contribution is -2.45. The van der Waals surface area contributed by atoms with Gasteiger partial charge in [0.1, 0.15) is 10.5 Å². The molecule has 154 valence electrons. The molecular weight excluding hydrogens is 440 g/mol. The SMILES string of the molecule is COc1ccc(CCC(Cc2nc(OC)ccc2Br)N[S+]([O-])C(C)(C)C)cc1. The van der Waals surface area contributed by atoms with Gasteiger partial charge in [0.15, 0.2) is 0 Å². The number of methoxy groups -OCH3 is 2. The van der Waals surface area contributed by atoms with Crippen LogP contribution in [-0.4, -0.2) is 34.5 Å². The molecule has 1 N–H and O–H groups in total. The van der Waals surface area contributed by atoms with Gasteiger partial charge in [0, 0.05) is 28.3 Å². The van der Waals surface area contributed by atoms with Crippen molar-refractivity contribution >= 4 is 27.3 Å². The van der Waals surface area contributed by atoms with Gasteiger partial charge < -0.3 is 14.0 Å². The second-order valence-corrected chi connectivity index (χ2v) is 10.4. The van der Waals surface area contributed by atoms with E-state index in [0.29, 0.717) is 12.3 Å². The molecular formula is C21H29BrN2O3S. The van der Waals surface area contributed by atoms with Crippen LogP contribution in [-0.2, 0) is 24.2 Å². The number of nitrogens with zero attached hydrogens (tertiary/aromatic N) is 1. The van der Waals surface area contributed by atoms with Crippen molar-refractivity contribution in [1.29, 1.82) is 0 Å². The van der Waals surface area contributed by atoms with Crippen molar-refractivity contribution < 1.29 is 14.0 Å². The molecule has 0 aliphatic heterocycles. The normalized spacial score (nSPS) is 13.8. The molecule has 0 amide bonds. The minimum atomic E-state index is -1.16. The number of aryl methyl sites for hydroxylation is 1. The summed E-state index contributed by atoms with van der Waals surface area (Å²) in [4.78, 5) is 4.55. The highest BCUT2D eigenvalue weighted by molar-refractivity contribution is 9.10.